The summed E-state index contributed by atoms with van der Waals surface area (Å²) in [6.07, 6.45) is 0. The molecular formula is C10H6Cl4O3. The molecule has 0 saturated heterocycles. The zero-order valence-electron chi connectivity index (χ0n) is 8.52. The average molecular weight is 316 g/mol. The average Bonchev–Trinajstić information content (AvgIpc) is 2.26. The van der Waals surface area contributed by atoms with Crippen LogP contribution in [-0.4, -0.2) is 18.4 Å². The Labute approximate surface area is 118 Å². The van der Waals surface area contributed by atoms with Crippen molar-refractivity contribution in [1.82, 2.24) is 0 Å². The Kier molecular flexibility index (Phi) is 5.07. The second-order valence-electron chi connectivity index (χ2n) is 2.89. The van der Waals surface area contributed by atoms with E-state index < -0.39 is 11.8 Å². The molecule has 0 N–H and O–H groups in total. The summed E-state index contributed by atoms with van der Waals surface area (Å²) in [6.45, 7) is 1.64. The van der Waals surface area contributed by atoms with E-state index in [9.17, 15) is 9.59 Å². The van der Waals surface area contributed by atoms with E-state index in [1.54, 1.807) is 6.92 Å². The summed E-state index contributed by atoms with van der Waals surface area (Å²) in [4.78, 5) is 23.0. The molecule has 0 saturated carbocycles. The van der Waals surface area contributed by atoms with E-state index in [1.165, 1.54) is 6.07 Å². The quantitative estimate of drug-likeness (QED) is 0.278. The van der Waals surface area contributed by atoms with Gasteiger partial charge in [0.1, 0.15) is 0 Å². The molecule has 0 heterocycles. The highest BCUT2D eigenvalue weighted by Gasteiger charge is 2.26. The molecule has 0 unspecified atom stereocenters. The van der Waals surface area contributed by atoms with Gasteiger partial charge in [-0.1, -0.05) is 46.4 Å². The van der Waals surface area contributed by atoms with Gasteiger partial charge >= 0.3 is 5.97 Å². The van der Waals surface area contributed by atoms with E-state index in [2.05, 4.69) is 4.74 Å². The summed E-state index contributed by atoms with van der Waals surface area (Å²) in [6, 6.07) is 1.24. The third kappa shape index (κ3) is 3.05. The van der Waals surface area contributed by atoms with Crippen LogP contribution in [-0.2, 0) is 9.53 Å². The third-order valence-electron chi connectivity index (χ3n) is 1.80. The Balaban J connectivity index is 3.28. The smallest absolute Gasteiger partial charge is 0.379 e. The van der Waals surface area contributed by atoms with Crippen LogP contribution >= 0.6 is 46.4 Å². The van der Waals surface area contributed by atoms with Crippen molar-refractivity contribution in [2.75, 3.05) is 6.61 Å². The molecule has 1 aromatic rings. The standard InChI is InChI=1S/C10H6Cl4O3/c1-2-17-10(16)9(15)6-4(11)3-5(12)7(13)8(6)14/h3H,2H2,1H3. The highest BCUT2D eigenvalue weighted by molar-refractivity contribution is 6.54. The monoisotopic (exact) mass is 314 g/mol. The minimum Gasteiger partial charge on any atom is -0.460 e. The lowest BCUT2D eigenvalue weighted by molar-refractivity contribution is -0.137. The van der Waals surface area contributed by atoms with Crippen molar-refractivity contribution in [3.8, 4) is 0 Å². The molecule has 0 radical (unpaired) electrons. The normalized spacial score (nSPS) is 10.2. The maximum atomic E-state index is 11.7. The lowest BCUT2D eigenvalue weighted by Gasteiger charge is -2.08. The molecule has 7 heteroatoms. The Morgan fingerprint density at radius 3 is 2.24 bits per heavy atom. The molecule has 0 aromatic heterocycles. The maximum absolute atomic E-state index is 11.7. The number of hydrogen-bond donors (Lipinski definition) is 0. The van der Waals surface area contributed by atoms with Gasteiger partial charge in [-0.15, -0.1) is 0 Å². The number of hydrogen-bond acceptors (Lipinski definition) is 3. The van der Waals surface area contributed by atoms with E-state index >= 15 is 0 Å². The number of Topliss-reactive ketones (excluding diaryl/α,β-unsaturated/α-hetero) is 1. The van der Waals surface area contributed by atoms with Gasteiger partial charge in [0.25, 0.3) is 5.78 Å². The van der Waals surface area contributed by atoms with Crippen molar-refractivity contribution in [2.45, 2.75) is 6.92 Å². The molecule has 3 nitrogen and oxygen atoms in total. The minimum absolute atomic E-state index is 0.0367. The zero-order valence-corrected chi connectivity index (χ0v) is 11.5. The fourth-order valence-electron chi connectivity index (χ4n) is 1.07. The number of rotatable bonds is 3. The van der Waals surface area contributed by atoms with Crippen LogP contribution in [0.1, 0.15) is 17.3 Å². The van der Waals surface area contributed by atoms with Crippen LogP contribution in [0.25, 0.3) is 0 Å². The van der Waals surface area contributed by atoms with Crippen molar-refractivity contribution in [1.29, 1.82) is 0 Å². The SMILES string of the molecule is CCOC(=O)C(=O)c1c(Cl)cc(Cl)c(Cl)c1Cl. The Hall–Kier alpha value is -0.480. The first-order valence-corrected chi connectivity index (χ1v) is 5.95. The van der Waals surface area contributed by atoms with Crippen LogP contribution in [0.5, 0.6) is 0 Å². The fourth-order valence-corrected chi connectivity index (χ4v) is 2.16. The molecule has 0 atom stereocenters. The van der Waals surface area contributed by atoms with E-state index in [0.29, 0.717) is 0 Å². The molecule has 0 bridgehead atoms. The van der Waals surface area contributed by atoms with E-state index in [4.69, 9.17) is 46.4 Å². The third-order valence-corrected chi connectivity index (χ3v) is 3.36. The van der Waals surface area contributed by atoms with Crippen LogP contribution in [0.2, 0.25) is 20.1 Å². The molecule has 0 aliphatic carbocycles. The molecule has 0 fully saturated rings. The summed E-state index contributed by atoms with van der Waals surface area (Å²) in [7, 11) is 0. The van der Waals surface area contributed by atoms with Crippen molar-refractivity contribution < 1.29 is 14.3 Å². The summed E-state index contributed by atoms with van der Waals surface area (Å²) >= 11 is 23.1. The summed E-state index contributed by atoms with van der Waals surface area (Å²) in [5, 5.41) is -0.155. The van der Waals surface area contributed by atoms with Gasteiger partial charge in [0, 0.05) is 0 Å². The van der Waals surface area contributed by atoms with Crippen LogP contribution in [0, 0.1) is 0 Å². The van der Waals surface area contributed by atoms with E-state index in [0.717, 1.165) is 0 Å². The number of carbonyl (C=O) groups excluding carboxylic acids is 2. The van der Waals surface area contributed by atoms with Gasteiger partial charge in [-0.05, 0) is 13.0 Å². The van der Waals surface area contributed by atoms with Crippen molar-refractivity contribution >= 4 is 58.2 Å². The molecular weight excluding hydrogens is 310 g/mol. The minimum atomic E-state index is -1.05. The van der Waals surface area contributed by atoms with Crippen LogP contribution in [0.3, 0.4) is 0 Å². The van der Waals surface area contributed by atoms with Gasteiger partial charge in [0.2, 0.25) is 0 Å². The molecule has 0 aliphatic heterocycles. The molecule has 92 valence electrons. The number of esters is 1. The molecule has 1 rings (SSSR count). The predicted octanol–water partition coefficient (Wildman–Crippen LogP) is 4.05. The first kappa shape index (κ1) is 14.6. The maximum Gasteiger partial charge on any atom is 0.379 e. The number of halogens is 4. The number of ether oxygens (including phenoxy) is 1. The van der Waals surface area contributed by atoms with Gasteiger partial charge in [-0.25, -0.2) is 4.79 Å². The second kappa shape index (κ2) is 5.91. The lowest BCUT2D eigenvalue weighted by atomic mass is 10.1. The molecule has 0 aliphatic rings. The highest BCUT2D eigenvalue weighted by Crippen LogP contribution is 2.37. The second-order valence-corrected chi connectivity index (χ2v) is 4.46. The Morgan fingerprint density at radius 2 is 1.71 bits per heavy atom. The van der Waals surface area contributed by atoms with Crippen LogP contribution in [0.15, 0.2) is 6.07 Å². The number of carbonyl (C=O) groups is 2. The predicted molar refractivity (Wildman–Crippen MR) is 67.4 cm³/mol. The number of ketones is 1. The van der Waals surface area contributed by atoms with Crippen molar-refractivity contribution in [2.24, 2.45) is 0 Å². The summed E-state index contributed by atoms with van der Waals surface area (Å²) in [5.41, 5.74) is -0.207. The zero-order chi connectivity index (χ0) is 13.2. The van der Waals surface area contributed by atoms with Crippen molar-refractivity contribution in [3.05, 3.63) is 31.7 Å². The molecule has 17 heavy (non-hydrogen) atoms. The summed E-state index contributed by atoms with van der Waals surface area (Å²) in [5.74, 6) is -2.00. The Bertz CT molecular complexity index is 485. The molecule has 0 spiro atoms. The summed E-state index contributed by atoms with van der Waals surface area (Å²) < 4.78 is 4.56. The highest BCUT2D eigenvalue weighted by atomic mass is 35.5. The van der Waals surface area contributed by atoms with E-state index in [-0.39, 0.29) is 32.3 Å². The lowest BCUT2D eigenvalue weighted by Crippen LogP contribution is -2.18. The first-order chi connectivity index (χ1) is 7.90. The number of benzene rings is 1. The van der Waals surface area contributed by atoms with Crippen LogP contribution in [0.4, 0.5) is 0 Å². The Morgan fingerprint density at radius 1 is 1.12 bits per heavy atom. The van der Waals surface area contributed by atoms with Gasteiger partial charge < -0.3 is 4.74 Å². The van der Waals surface area contributed by atoms with Crippen molar-refractivity contribution in [3.63, 3.8) is 0 Å². The topological polar surface area (TPSA) is 43.4 Å². The van der Waals surface area contributed by atoms with Gasteiger partial charge in [0.05, 0.1) is 32.3 Å². The molecule has 1 aromatic carbocycles. The first-order valence-electron chi connectivity index (χ1n) is 4.44. The van der Waals surface area contributed by atoms with Gasteiger partial charge in [-0.3, -0.25) is 4.79 Å². The van der Waals surface area contributed by atoms with Crippen LogP contribution < -0.4 is 0 Å². The van der Waals surface area contributed by atoms with Gasteiger partial charge in [-0.2, -0.15) is 0 Å². The largest absolute Gasteiger partial charge is 0.460 e. The fraction of sp³-hybridized carbons (Fsp3) is 0.200. The van der Waals surface area contributed by atoms with Gasteiger partial charge in [0.15, 0.2) is 0 Å². The molecule has 0 amide bonds. The van der Waals surface area contributed by atoms with E-state index in [1.807, 2.05) is 0 Å².